The molecule has 0 aromatic heterocycles. The minimum atomic E-state index is -0.890. The van der Waals surface area contributed by atoms with Gasteiger partial charge in [0, 0.05) is 12.2 Å². The van der Waals surface area contributed by atoms with E-state index in [9.17, 15) is 13.6 Å². The highest BCUT2D eigenvalue weighted by Gasteiger charge is 2.04. The Morgan fingerprint density at radius 1 is 1.05 bits per heavy atom. The van der Waals surface area contributed by atoms with Crippen molar-refractivity contribution >= 4 is 11.6 Å². The summed E-state index contributed by atoms with van der Waals surface area (Å²) in [6.07, 6.45) is 0. The molecule has 0 atom stereocenters. The average Bonchev–Trinajstić information content (AvgIpc) is 2.45. The maximum Gasteiger partial charge on any atom is 0.238 e. The zero-order valence-electron chi connectivity index (χ0n) is 11.6. The number of carbonyl (C=O) groups is 1. The smallest absolute Gasteiger partial charge is 0.238 e. The van der Waals surface area contributed by atoms with Crippen molar-refractivity contribution in [2.24, 2.45) is 0 Å². The van der Waals surface area contributed by atoms with Gasteiger partial charge in [0.25, 0.3) is 0 Å². The van der Waals surface area contributed by atoms with Gasteiger partial charge in [-0.05, 0) is 36.8 Å². The molecule has 1 amide bonds. The molecule has 2 N–H and O–H groups in total. The number of nitrogens with one attached hydrogen (secondary N) is 2. The standard InChI is InChI=1S/C16H16F2N2O/c1-11-2-5-13(6-3-11)20-16(21)10-19-9-12-4-7-14(17)15(18)8-12/h2-8,19H,9-10H2,1H3,(H,20,21). The normalized spacial score (nSPS) is 10.4. The van der Waals surface area contributed by atoms with E-state index in [0.29, 0.717) is 12.1 Å². The third-order valence-corrected chi connectivity index (χ3v) is 2.93. The molecular weight excluding hydrogens is 274 g/mol. The molecule has 2 aromatic rings. The fourth-order valence-corrected chi connectivity index (χ4v) is 1.81. The summed E-state index contributed by atoms with van der Waals surface area (Å²) in [7, 11) is 0. The van der Waals surface area contributed by atoms with Gasteiger partial charge < -0.3 is 10.6 Å². The number of amides is 1. The maximum atomic E-state index is 13.0. The van der Waals surface area contributed by atoms with Crippen molar-refractivity contribution in [1.29, 1.82) is 0 Å². The highest BCUT2D eigenvalue weighted by Crippen LogP contribution is 2.09. The van der Waals surface area contributed by atoms with Crippen LogP contribution in [0.5, 0.6) is 0 Å². The van der Waals surface area contributed by atoms with Crippen LogP contribution in [0.1, 0.15) is 11.1 Å². The number of benzene rings is 2. The molecule has 0 aliphatic heterocycles. The molecule has 5 heteroatoms. The highest BCUT2D eigenvalue weighted by atomic mass is 19.2. The third kappa shape index (κ3) is 4.65. The van der Waals surface area contributed by atoms with Gasteiger partial charge >= 0.3 is 0 Å². The first-order valence-electron chi connectivity index (χ1n) is 6.56. The fraction of sp³-hybridized carbons (Fsp3) is 0.188. The van der Waals surface area contributed by atoms with Crippen molar-refractivity contribution in [3.05, 3.63) is 65.2 Å². The van der Waals surface area contributed by atoms with E-state index in [1.54, 1.807) is 0 Å². The van der Waals surface area contributed by atoms with Gasteiger partial charge in [0.2, 0.25) is 5.91 Å². The Labute approximate surface area is 122 Å². The molecule has 2 rings (SSSR count). The SMILES string of the molecule is Cc1ccc(NC(=O)CNCc2ccc(F)c(F)c2)cc1. The van der Waals surface area contributed by atoms with Gasteiger partial charge in [0.1, 0.15) is 0 Å². The molecule has 0 spiro atoms. The van der Waals surface area contributed by atoms with Crippen LogP contribution in [-0.2, 0) is 11.3 Å². The zero-order chi connectivity index (χ0) is 15.2. The second kappa shape index (κ2) is 6.95. The van der Waals surface area contributed by atoms with E-state index < -0.39 is 11.6 Å². The Bertz CT molecular complexity index is 627. The molecule has 3 nitrogen and oxygen atoms in total. The van der Waals surface area contributed by atoms with E-state index in [-0.39, 0.29) is 12.5 Å². The van der Waals surface area contributed by atoms with Gasteiger partial charge in [-0.15, -0.1) is 0 Å². The lowest BCUT2D eigenvalue weighted by Crippen LogP contribution is -2.27. The lowest BCUT2D eigenvalue weighted by atomic mass is 10.2. The van der Waals surface area contributed by atoms with E-state index in [4.69, 9.17) is 0 Å². The monoisotopic (exact) mass is 290 g/mol. The number of aryl methyl sites for hydroxylation is 1. The van der Waals surface area contributed by atoms with Gasteiger partial charge in [-0.2, -0.15) is 0 Å². The Balaban J connectivity index is 1.78. The second-order valence-corrected chi connectivity index (χ2v) is 4.77. The molecule has 0 radical (unpaired) electrons. The van der Waals surface area contributed by atoms with E-state index in [0.717, 1.165) is 23.4 Å². The summed E-state index contributed by atoms with van der Waals surface area (Å²) in [6, 6.07) is 11.1. The van der Waals surface area contributed by atoms with Crippen LogP contribution in [0.3, 0.4) is 0 Å². The Kier molecular flexibility index (Phi) is 5.00. The van der Waals surface area contributed by atoms with Crippen LogP contribution in [0.25, 0.3) is 0 Å². The van der Waals surface area contributed by atoms with Crippen LogP contribution in [0.15, 0.2) is 42.5 Å². The molecule has 0 fully saturated rings. The number of rotatable bonds is 5. The third-order valence-electron chi connectivity index (χ3n) is 2.93. The molecule has 0 unspecified atom stereocenters. The molecule has 0 aliphatic carbocycles. The predicted octanol–water partition coefficient (Wildman–Crippen LogP) is 3.00. The Morgan fingerprint density at radius 2 is 1.76 bits per heavy atom. The van der Waals surface area contributed by atoms with Crippen LogP contribution in [0.2, 0.25) is 0 Å². The summed E-state index contributed by atoms with van der Waals surface area (Å²) in [6.45, 7) is 2.35. The van der Waals surface area contributed by atoms with E-state index >= 15 is 0 Å². The predicted molar refractivity (Wildman–Crippen MR) is 77.9 cm³/mol. The summed E-state index contributed by atoms with van der Waals surface area (Å²) in [5.41, 5.74) is 2.42. The van der Waals surface area contributed by atoms with Crippen LogP contribution < -0.4 is 10.6 Å². The molecule has 0 saturated carbocycles. The van der Waals surface area contributed by atoms with Crippen molar-refractivity contribution in [1.82, 2.24) is 5.32 Å². The lowest BCUT2D eigenvalue weighted by Gasteiger charge is -2.07. The van der Waals surface area contributed by atoms with Crippen LogP contribution in [0.4, 0.5) is 14.5 Å². The van der Waals surface area contributed by atoms with Gasteiger partial charge in [-0.25, -0.2) is 8.78 Å². The van der Waals surface area contributed by atoms with E-state index in [1.165, 1.54) is 6.07 Å². The van der Waals surface area contributed by atoms with Gasteiger partial charge in [0.15, 0.2) is 11.6 Å². The number of carbonyl (C=O) groups excluding carboxylic acids is 1. The molecule has 0 aliphatic rings. The zero-order valence-corrected chi connectivity index (χ0v) is 11.6. The summed E-state index contributed by atoms with van der Waals surface area (Å²) >= 11 is 0. The largest absolute Gasteiger partial charge is 0.325 e. The van der Waals surface area contributed by atoms with Crippen molar-refractivity contribution in [3.8, 4) is 0 Å². The van der Waals surface area contributed by atoms with Crippen molar-refractivity contribution in [2.75, 3.05) is 11.9 Å². The first-order chi connectivity index (χ1) is 10.0. The van der Waals surface area contributed by atoms with Crippen molar-refractivity contribution in [3.63, 3.8) is 0 Å². The number of halogens is 2. The van der Waals surface area contributed by atoms with Gasteiger partial charge in [0.05, 0.1) is 6.54 Å². The van der Waals surface area contributed by atoms with Crippen LogP contribution in [-0.4, -0.2) is 12.5 Å². The van der Waals surface area contributed by atoms with Crippen molar-refractivity contribution in [2.45, 2.75) is 13.5 Å². The van der Waals surface area contributed by atoms with Gasteiger partial charge in [-0.1, -0.05) is 23.8 Å². The molecule has 0 heterocycles. The van der Waals surface area contributed by atoms with Crippen LogP contribution >= 0.6 is 0 Å². The summed E-state index contributed by atoms with van der Waals surface area (Å²) < 4.78 is 25.8. The Hall–Kier alpha value is -2.27. The van der Waals surface area contributed by atoms with Crippen LogP contribution in [0, 0.1) is 18.6 Å². The second-order valence-electron chi connectivity index (χ2n) is 4.77. The van der Waals surface area contributed by atoms with E-state index in [1.807, 2.05) is 31.2 Å². The molecule has 110 valence electrons. The molecule has 0 saturated heterocycles. The maximum absolute atomic E-state index is 13.0. The molecule has 2 aromatic carbocycles. The lowest BCUT2D eigenvalue weighted by molar-refractivity contribution is -0.115. The molecular formula is C16H16F2N2O. The number of hydrogen-bond acceptors (Lipinski definition) is 2. The summed E-state index contributed by atoms with van der Waals surface area (Å²) in [5, 5.41) is 5.62. The topological polar surface area (TPSA) is 41.1 Å². The molecule has 0 bridgehead atoms. The quantitative estimate of drug-likeness (QED) is 0.889. The number of anilines is 1. The number of hydrogen-bond donors (Lipinski definition) is 2. The summed E-state index contributed by atoms with van der Waals surface area (Å²) in [4.78, 5) is 11.7. The first-order valence-corrected chi connectivity index (χ1v) is 6.56. The fourth-order valence-electron chi connectivity index (χ4n) is 1.81. The van der Waals surface area contributed by atoms with Gasteiger partial charge in [-0.3, -0.25) is 4.79 Å². The average molecular weight is 290 g/mol. The molecule has 21 heavy (non-hydrogen) atoms. The minimum Gasteiger partial charge on any atom is -0.325 e. The highest BCUT2D eigenvalue weighted by molar-refractivity contribution is 5.92. The van der Waals surface area contributed by atoms with Crippen molar-refractivity contribution < 1.29 is 13.6 Å². The Morgan fingerprint density at radius 3 is 2.43 bits per heavy atom. The van der Waals surface area contributed by atoms with E-state index in [2.05, 4.69) is 10.6 Å². The first kappa shape index (κ1) is 15.1. The summed E-state index contributed by atoms with van der Waals surface area (Å²) in [5.74, 6) is -1.96. The minimum absolute atomic E-state index is 0.0902.